The quantitative estimate of drug-likeness (QED) is 0.860. The molecule has 1 aromatic carbocycles. The van der Waals surface area contributed by atoms with Gasteiger partial charge in [-0.25, -0.2) is 4.79 Å². The van der Waals surface area contributed by atoms with Crippen LogP contribution in [-0.2, 0) is 4.74 Å². The van der Waals surface area contributed by atoms with Gasteiger partial charge in [-0.05, 0) is 18.6 Å². The summed E-state index contributed by atoms with van der Waals surface area (Å²) in [5, 5.41) is 8.98. The van der Waals surface area contributed by atoms with E-state index in [0.29, 0.717) is 24.5 Å². The fourth-order valence-corrected chi connectivity index (χ4v) is 1.95. The highest BCUT2D eigenvalue weighted by molar-refractivity contribution is 5.92. The Labute approximate surface area is 99.6 Å². The molecule has 1 aliphatic heterocycles. The van der Waals surface area contributed by atoms with Crippen LogP contribution in [0.5, 0.6) is 5.75 Å². The molecule has 1 atom stereocenters. The van der Waals surface area contributed by atoms with Crippen molar-refractivity contribution in [1.82, 2.24) is 0 Å². The summed E-state index contributed by atoms with van der Waals surface area (Å²) in [7, 11) is 1.56. The van der Waals surface area contributed by atoms with Crippen LogP contribution in [0.4, 0.5) is 10.5 Å². The Balaban J connectivity index is 2.32. The van der Waals surface area contributed by atoms with Crippen molar-refractivity contribution in [2.45, 2.75) is 12.5 Å². The van der Waals surface area contributed by atoms with Crippen LogP contribution in [-0.4, -0.2) is 37.6 Å². The standard InChI is InChI=1S/C12H15NO4/c1-16-11-5-3-2-4-10(11)13-9(6-7-14)8-17-12(13)15/h2-5,9,14H,6-8H2,1H3. The highest BCUT2D eigenvalue weighted by atomic mass is 16.6. The number of methoxy groups -OCH3 is 1. The molecular weight excluding hydrogens is 222 g/mol. The van der Waals surface area contributed by atoms with E-state index in [4.69, 9.17) is 14.6 Å². The predicted molar refractivity (Wildman–Crippen MR) is 62.3 cm³/mol. The van der Waals surface area contributed by atoms with E-state index in [1.165, 1.54) is 4.90 Å². The molecule has 0 bridgehead atoms. The Bertz CT molecular complexity index is 407. The van der Waals surface area contributed by atoms with Crippen LogP contribution in [0.15, 0.2) is 24.3 Å². The number of benzene rings is 1. The lowest BCUT2D eigenvalue weighted by Crippen LogP contribution is -2.34. The SMILES string of the molecule is COc1ccccc1N1C(=O)OCC1CCO. The summed E-state index contributed by atoms with van der Waals surface area (Å²) < 4.78 is 10.2. The Hall–Kier alpha value is -1.75. The first-order valence-electron chi connectivity index (χ1n) is 5.47. The van der Waals surface area contributed by atoms with E-state index >= 15 is 0 Å². The average molecular weight is 237 g/mol. The van der Waals surface area contributed by atoms with E-state index in [0.717, 1.165) is 0 Å². The summed E-state index contributed by atoms with van der Waals surface area (Å²) in [6, 6.07) is 7.13. The lowest BCUT2D eigenvalue weighted by atomic mass is 10.2. The molecule has 0 radical (unpaired) electrons. The summed E-state index contributed by atoms with van der Waals surface area (Å²) >= 11 is 0. The number of rotatable bonds is 4. The van der Waals surface area contributed by atoms with Gasteiger partial charge in [0.05, 0.1) is 18.8 Å². The molecule has 1 heterocycles. The average Bonchev–Trinajstić information content (AvgIpc) is 2.71. The van der Waals surface area contributed by atoms with Gasteiger partial charge in [0.1, 0.15) is 12.4 Å². The van der Waals surface area contributed by atoms with E-state index in [1.54, 1.807) is 19.2 Å². The number of ether oxygens (including phenoxy) is 2. The van der Waals surface area contributed by atoms with Crippen LogP contribution in [0.3, 0.4) is 0 Å². The fourth-order valence-electron chi connectivity index (χ4n) is 1.95. The number of carbonyl (C=O) groups is 1. The van der Waals surface area contributed by atoms with Crippen molar-refractivity contribution in [3.63, 3.8) is 0 Å². The van der Waals surface area contributed by atoms with Gasteiger partial charge in [0.15, 0.2) is 0 Å². The van der Waals surface area contributed by atoms with Gasteiger partial charge < -0.3 is 14.6 Å². The normalized spacial score (nSPS) is 19.3. The summed E-state index contributed by atoms with van der Waals surface area (Å²) in [5.74, 6) is 0.620. The Morgan fingerprint density at radius 2 is 2.29 bits per heavy atom. The topological polar surface area (TPSA) is 59.0 Å². The van der Waals surface area contributed by atoms with Crippen molar-refractivity contribution in [1.29, 1.82) is 0 Å². The summed E-state index contributed by atoms with van der Waals surface area (Å²) in [5.41, 5.74) is 0.677. The zero-order valence-electron chi connectivity index (χ0n) is 9.63. The van der Waals surface area contributed by atoms with Gasteiger partial charge in [-0.15, -0.1) is 0 Å². The zero-order valence-corrected chi connectivity index (χ0v) is 9.63. The molecule has 5 nitrogen and oxygen atoms in total. The molecule has 1 saturated heterocycles. The first-order valence-corrected chi connectivity index (χ1v) is 5.47. The second-order valence-electron chi connectivity index (χ2n) is 3.78. The second kappa shape index (κ2) is 5.05. The Morgan fingerprint density at radius 1 is 1.53 bits per heavy atom. The van der Waals surface area contributed by atoms with E-state index in [-0.39, 0.29) is 12.6 Å². The van der Waals surface area contributed by atoms with Gasteiger partial charge in [-0.1, -0.05) is 12.1 Å². The number of amides is 1. The third-order valence-electron chi connectivity index (χ3n) is 2.77. The fraction of sp³-hybridized carbons (Fsp3) is 0.417. The van der Waals surface area contributed by atoms with Gasteiger partial charge in [-0.2, -0.15) is 0 Å². The molecule has 17 heavy (non-hydrogen) atoms. The Kier molecular flexibility index (Phi) is 3.49. The van der Waals surface area contributed by atoms with Crippen LogP contribution in [0, 0.1) is 0 Å². The first kappa shape index (κ1) is 11.7. The molecule has 0 saturated carbocycles. The van der Waals surface area contributed by atoms with Crippen molar-refractivity contribution in [3.8, 4) is 5.75 Å². The van der Waals surface area contributed by atoms with Crippen molar-refractivity contribution >= 4 is 11.8 Å². The number of aliphatic hydroxyl groups excluding tert-OH is 1. The Morgan fingerprint density at radius 3 is 3.00 bits per heavy atom. The van der Waals surface area contributed by atoms with Gasteiger partial charge >= 0.3 is 6.09 Å². The number of aliphatic hydroxyl groups is 1. The minimum atomic E-state index is -0.395. The molecule has 0 spiro atoms. The van der Waals surface area contributed by atoms with Gasteiger partial charge in [0.2, 0.25) is 0 Å². The summed E-state index contributed by atoms with van der Waals surface area (Å²) in [6.45, 7) is 0.324. The largest absolute Gasteiger partial charge is 0.495 e. The number of hydrogen-bond acceptors (Lipinski definition) is 4. The maximum absolute atomic E-state index is 11.7. The molecule has 1 N–H and O–H groups in total. The van der Waals surface area contributed by atoms with Crippen LogP contribution in [0.1, 0.15) is 6.42 Å². The molecule has 92 valence electrons. The van der Waals surface area contributed by atoms with E-state index in [1.807, 2.05) is 12.1 Å². The number of anilines is 1. The molecule has 5 heteroatoms. The molecule has 1 aliphatic rings. The highest BCUT2D eigenvalue weighted by Crippen LogP contribution is 2.32. The van der Waals surface area contributed by atoms with E-state index in [9.17, 15) is 4.79 Å². The number of cyclic esters (lactones) is 1. The third-order valence-corrected chi connectivity index (χ3v) is 2.77. The molecule has 1 aromatic rings. The van der Waals surface area contributed by atoms with Crippen molar-refractivity contribution in [2.75, 3.05) is 25.2 Å². The minimum Gasteiger partial charge on any atom is -0.495 e. The number of nitrogens with zero attached hydrogens (tertiary/aromatic N) is 1. The molecule has 2 rings (SSSR count). The van der Waals surface area contributed by atoms with E-state index < -0.39 is 6.09 Å². The van der Waals surface area contributed by atoms with Gasteiger partial charge in [0.25, 0.3) is 0 Å². The molecule has 1 amide bonds. The van der Waals surface area contributed by atoms with E-state index in [2.05, 4.69) is 0 Å². The lowest BCUT2D eigenvalue weighted by molar-refractivity contribution is 0.176. The summed E-state index contributed by atoms with van der Waals surface area (Å²) in [4.78, 5) is 13.2. The van der Waals surface area contributed by atoms with Crippen LogP contribution >= 0.6 is 0 Å². The molecule has 0 aromatic heterocycles. The van der Waals surface area contributed by atoms with Gasteiger partial charge in [-0.3, -0.25) is 4.90 Å². The maximum atomic E-state index is 11.7. The molecular formula is C12H15NO4. The van der Waals surface area contributed by atoms with Crippen LogP contribution in [0.25, 0.3) is 0 Å². The monoisotopic (exact) mass is 237 g/mol. The molecule has 0 aliphatic carbocycles. The third kappa shape index (κ3) is 2.19. The predicted octanol–water partition coefficient (Wildman–Crippen LogP) is 1.40. The smallest absolute Gasteiger partial charge is 0.414 e. The van der Waals surface area contributed by atoms with Crippen molar-refractivity contribution in [3.05, 3.63) is 24.3 Å². The number of para-hydroxylation sites is 2. The highest BCUT2D eigenvalue weighted by Gasteiger charge is 2.35. The first-order chi connectivity index (χ1) is 8.27. The van der Waals surface area contributed by atoms with Crippen LogP contribution < -0.4 is 9.64 Å². The zero-order chi connectivity index (χ0) is 12.3. The van der Waals surface area contributed by atoms with Crippen LogP contribution in [0.2, 0.25) is 0 Å². The van der Waals surface area contributed by atoms with Gasteiger partial charge in [0, 0.05) is 6.61 Å². The lowest BCUT2D eigenvalue weighted by Gasteiger charge is -2.22. The maximum Gasteiger partial charge on any atom is 0.414 e. The van der Waals surface area contributed by atoms with Crippen molar-refractivity contribution in [2.24, 2.45) is 0 Å². The second-order valence-corrected chi connectivity index (χ2v) is 3.78. The number of hydrogen-bond donors (Lipinski definition) is 1. The minimum absolute atomic E-state index is 0.0208. The number of carbonyl (C=O) groups excluding carboxylic acids is 1. The summed E-state index contributed by atoms with van der Waals surface area (Å²) in [6.07, 6.45) is 0.0945. The molecule has 1 unspecified atom stereocenters. The van der Waals surface area contributed by atoms with Crippen molar-refractivity contribution < 1.29 is 19.4 Å². The molecule has 1 fully saturated rings.